The number of carbonyl (C=O) groups excluding carboxylic acids is 2. The highest BCUT2D eigenvalue weighted by Gasteiger charge is 2.38. The van der Waals surface area contributed by atoms with Crippen LogP contribution in [0, 0.1) is 5.92 Å². The van der Waals surface area contributed by atoms with E-state index in [1.165, 1.54) is 7.11 Å². The minimum Gasteiger partial charge on any atom is -0.469 e. The fourth-order valence-corrected chi connectivity index (χ4v) is 1.40. The van der Waals surface area contributed by atoms with Gasteiger partial charge in [0.25, 0.3) is 0 Å². The molecule has 1 amide bonds. The lowest BCUT2D eigenvalue weighted by molar-refractivity contribution is -0.145. The number of rotatable bonds is 3. The highest BCUT2D eigenvalue weighted by Crippen LogP contribution is 2.21. The molecule has 1 saturated heterocycles. The summed E-state index contributed by atoms with van der Waals surface area (Å²) in [6, 6.07) is -0.00468. The SMILES string of the molecule is CCC1C(=O)N[C@H]1CC(=O)OC. The van der Waals surface area contributed by atoms with E-state index in [0.717, 1.165) is 6.42 Å². The van der Waals surface area contributed by atoms with Gasteiger partial charge in [0.05, 0.1) is 25.5 Å². The Morgan fingerprint density at radius 3 is 2.75 bits per heavy atom. The molecule has 0 spiro atoms. The van der Waals surface area contributed by atoms with Gasteiger partial charge in [-0.15, -0.1) is 0 Å². The number of methoxy groups -OCH3 is 1. The maximum absolute atomic E-state index is 10.9. The van der Waals surface area contributed by atoms with Crippen LogP contribution in [-0.2, 0) is 14.3 Å². The summed E-state index contributed by atoms with van der Waals surface area (Å²) in [5.74, 6) is -0.214. The zero-order chi connectivity index (χ0) is 9.14. The quantitative estimate of drug-likeness (QED) is 0.483. The van der Waals surface area contributed by atoms with Crippen LogP contribution < -0.4 is 5.32 Å². The van der Waals surface area contributed by atoms with Crippen LogP contribution >= 0.6 is 0 Å². The van der Waals surface area contributed by atoms with Gasteiger partial charge < -0.3 is 10.1 Å². The summed E-state index contributed by atoms with van der Waals surface area (Å²) < 4.78 is 4.49. The van der Waals surface area contributed by atoms with E-state index in [2.05, 4.69) is 10.1 Å². The summed E-state index contributed by atoms with van der Waals surface area (Å²) in [7, 11) is 1.35. The Kier molecular flexibility index (Phi) is 2.68. The van der Waals surface area contributed by atoms with E-state index in [0.29, 0.717) is 6.42 Å². The van der Waals surface area contributed by atoms with Gasteiger partial charge in [-0.2, -0.15) is 0 Å². The predicted octanol–water partition coefficient (Wildman–Crippen LogP) is 0.0741. The van der Waals surface area contributed by atoms with Crippen molar-refractivity contribution >= 4 is 11.9 Å². The topological polar surface area (TPSA) is 55.4 Å². The van der Waals surface area contributed by atoms with E-state index in [9.17, 15) is 9.59 Å². The fraction of sp³-hybridized carbons (Fsp3) is 0.750. The average molecular weight is 171 g/mol. The number of β-lactam (4-membered cyclic amide) rings is 1. The van der Waals surface area contributed by atoms with Crippen molar-refractivity contribution in [1.29, 1.82) is 0 Å². The van der Waals surface area contributed by atoms with Crippen molar-refractivity contribution in [2.45, 2.75) is 25.8 Å². The second kappa shape index (κ2) is 3.56. The van der Waals surface area contributed by atoms with Crippen molar-refractivity contribution in [2.75, 3.05) is 7.11 Å². The molecule has 0 aliphatic carbocycles. The second-order valence-electron chi connectivity index (χ2n) is 2.91. The van der Waals surface area contributed by atoms with E-state index in [1.54, 1.807) is 0 Å². The first kappa shape index (κ1) is 9.03. The molecule has 1 unspecified atom stereocenters. The van der Waals surface area contributed by atoms with Crippen molar-refractivity contribution in [3.63, 3.8) is 0 Å². The molecule has 1 aliphatic heterocycles. The Balaban J connectivity index is 2.36. The van der Waals surface area contributed by atoms with Crippen molar-refractivity contribution < 1.29 is 14.3 Å². The van der Waals surface area contributed by atoms with E-state index in [4.69, 9.17) is 0 Å². The molecular weight excluding hydrogens is 158 g/mol. The summed E-state index contributed by atoms with van der Waals surface area (Å²) in [6.07, 6.45) is 1.08. The minimum atomic E-state index is -0.265. The lowest BCUT2D eigenvalue weighted by atomic mass is 9.86. The molecule has 0 saturated carbocycles. The molecule has 0 aromatic heterocycles. The van der Waals surface area contributed by atoms with Crippen molar-refractivity contribution in [3.05, 3.63) is 0 Å². The number of ether oxygens (including phenoxy) is 1. The zero-order valence-electron chi connectivity index (χ0n) is 7.29. The molecule has 0 aromatic rings. The Bertz CT molecular complexity index is 202. The Morgan fingerprint density at radius 2 is 2.33 bits per heavy atom. The number of hydrogen-bond donors (Lipinski definition) is 1. The molecule has 68 valence electrons. The summed E-state index contributed by atoms with van der Waals surface area (Å²) >= 11 is 0. The van der Waals surface area contributed by atoms with Crippen LogP contribution in [0.3, 0.4) is 0 Å². The molecule has 1 aliphatic rings. The molecule has 1 fully saturated rings. The number of hydrogen-bond acceptors (Lipinski definition) is 3. The highest BCUT2D eigenvalue weighted by molar-refractivity contribution is 5.87. The molecule has 4 nitrogen and oxygen atoms in total. The van der Waals surface area contributed by atoms with Crippen LogP contribution in [-0.4, -0.2) is 25.0 Å². The molecule has 4 heteroatoms. The van der Waals surface area contributed by atoms with Gasteiger partial charge in [0, 0.05) is 0 Å². The van der Waals surface area contributed by atoms with Gasteiger partial charge in [-0.3, -0.25) is 9.59 Å². The standard InChI is InChI=1S/C8H13NO3/c1-3-5-6(9-8(5)11)4-7(10)12-2/h5-6H,3-4H2,1-2H3,(H,9,11)/t5?,6-/m0/s1. The maximum Gasteiger partial charge on any atom is 0.307 e. The number of esters is 1. The summed E-state index contributed by atoms with van der Waals surface area (Å²) in [5, 5.41) is 2.67. The van der Waals surface area contributed by atoms with Crippen LogP contribution in [0.25, 0.3) is 0 Å². The van der Waals surface area contributed by atoms with Gasteiger partial charge in [0.2, 0.25) is 5.91 Å². The Labute approximate surface area is 71.3 Å². The van der Waals surface area contributed by atoms with E-state index in [-0.39, 0.29) is 23.8 Å². The normalized spacial score (nSPS) is 27.3. The molecule has 1 heterocycles. The van der Waals surface area contributed by atoms with Crippen molar-refractivity contribution in [2.24, 2.45) is 5.92 Å². The largest absolute Gasteiger partial charge is 0.469 e. The van der Waals surface area contributed by atoms with Crippen LogP contribution in [0.2, 0.25) is 0 Å². The molecule has 0 radical (unpaired) electrons. The molecule has 1 N–H and O–H groups in total. The molecular formula is C8H13NO3. The third kappa shape index (κ3) is 1.57. The van der Waals surface area contributed by atoms with E-state index in [1.807, 2.05) is 6.92 Å². The number of nitrogens with one attached hydrogen (secondary N) is 1. The van der Waals surface area contributed by atoms with Gasteiger partial charge in [-0.05, 0) is 6.42 Å². The number of carbonyl (C=O) groups is 2. The Morgan fingerprint density at radius 1 is 1.67 bits per heavy atom. The van der Waals surface area contributed by atoms with Gasteiger partial charge >= 0.3 is 5.97 Å². The summed E-state index contributed by atoms with van der Waals surface area (Å²) in [4.78, 5) is 21.7. The minimum absolute atomic E-state index is 0.00380. The van der Waals surface area contributed by atoms with Crippen LogP contribution in [0.4, 0.5) is 0 Å². The zero-order valence-corrected chi connectivity index (χ0v) is 7.29. The summed E-state index contributed by atoms with van der Waals surface area (Å²) in [5.41, 5.74) is 0. The first-order chi connectivity index (χ1) is 5.69. The van der Waals surface area contributed by atoms with Crippen LogP contribution in [0.15, 0.2) is 0 Å². The smallest absolute Gasteiger partial charge is 0.307 e. The van der Waals surface area contributed by atoms with Crippen LogP contribution in [0.1, 0.15) is 19.8 Å². The average Bonchev–Trinajstić information content (AvgIpc) is 2.04. The first-order valence-corrected chi connectivity index (χ1v) is 4.06. The van der Waals surface area contributed by atoms with Crippen molar-refractivity contribution in [1.82, 2.24) is 5.32 Å². The van der Waals surface area contributed by atoms with Gasteiger partial charge in [0.15, 0.2) is 0 Å². The first-order valence-electron chi connectivity index (χ1n) is 4.06. The van der Waals surface area contributed by atoms with Crippen LogP contribution in [0.5, 0.6) is 0 Å². The van der Waals surface area contributed by atoms with E-state index >= 15 is 0 Å². The number of amides is 1. The molecule has 0 aromatic carbocycles. The fourth-order valence-electron chi connectivity index (χ4n) is 1.40. The molecule has 2 atom stereocenters. The highest BCUT2D eigenvalue weighted by atomic mass is 16.5. The van der Waals surface area contributed by atoms with Gasteiger partial charge in [-0.1, -0.05) is 6.92 Å². The van der Waals surface area contributed by atoms with Crippen molar-refractivity contribution in [3.8, 4) is 0 Å². The van der Waals surface area contributed by atoms with Gasteiger partial charge in [-0.25, -0.2) is 0 Å². The molecule has 0 bridgehead atoms. The Hall–Kier alpha value is -1.06. The lowest BCUT2D eigenvalue weighted by Gasteiger charge is -2.35. The summed E-state index contributed by atoms with van der Waals surface area (Å²) in [6.45, 7) is 1.94. The maximum atomic E-state index is 10.9. The lowest BCUT2D eigenvalue weighted by Crippen LogP contribution is -2.58. The molecule has 12 heavy (non-hydrogen) atoms. The predicted molar refractivity (Wildman–Crippen MR) is 42.3 cm³/mol. The molecule has 1 rings (SSSR count). The monoisotopic (exact) mass is 171 g/mol. The third-order valence-corrected chi connectivity index (χ3v) is 2.20. The second-order valence-corrected chi connectivity index (χ2v) is 2.91. The van der Waals surface area contributed by atoms with Gasteiger partial charge in [0.1, 0.15) is 0 Å². The third-order valence-electron chi connectivity index (χ3n) is 2.20. The van der Waals surface area contributed by atoms with E-state index < -0.39 is 0 Å².